The SMILES string of the molecule is Cc1c2c(=O)n(C)n(C)c(=O)c2c(C)n1C. The Morgan fingerprint density at radius 3 is 1.38 bits per heavy atom. The molecule has 0 N–H and O–H groups in total. The molecule has 0 unspecified atom stereocenters. The van der Waals surface area contributed by atoms with Gasteiger partial charge in [-0.15, -0.1) is 0 Å². The van der Waals surface area contributed by atoms with Gasteiger partial charge < -0.3 is 4.57 Å². The Kier molecular flexibility index (Phi) is 2.08. The maximum Gasteiger partial charge on any atom is 0.274 e. The maximum atomic E-state index is 12.1. The number of aryl methyl sites for hydroxylation is 2. The van der Waals surface area contributed by atoms with Crippen LogP contribution in [0.25, 0.3) is 10.8 Å². The number of aromatic nitrogens is 3. The lowest BCUT2D eigenvalue weighted by Crippen LogP contribution is -2.35. The molecule has 0 aliphatic rings. The lowest BCUT2D eigenvalue weighted by molar-refractivity contribution is 0.543. The monoisotopic (exact) mass is 221 g/mol. The van der Waals surface area contributed by atoms with Gasteiger partial charge in [-0.2, -0.15) is 0 Å². The molecule has 86 valence electrons. The van der Waals surface area contributed by atoms with Gasteiger partial charge in [-0.3, -0.25) is 19.0 Å². The summed E-state index contributed by atoms with van der Waals surface area (Å²) in [5, 5.41) is 1.07. The number of rotatable bonds is 0. The summed E-state index contributed by atoms with van der Waals surface area (Å²) < 4.78 is 4.57. The highest BCUT2D eigenvalue weighted by molar-refractivity contribution is 5.86. The van der Waals surface area contributed by atoms with Crippen LogP contribution in [0.5, 0.6) is 0 Å². The van der Waals surface area contributed by atoms with Crippen molar-refractivity contribution in [3.8, 4) is 0 Å². The average molecular weight is 221 g/mol. The molecule has 0 bridgehead atoms. The van der Waals surface area contributed by atoms with E-state index in [0.29, 0.717) is 10.8 Å². The Bertz CT molecular complexity index is 642. The molecule has 0 aromatic carbocycles. The van der Waals surface area contributed by atoms with Crippen molar-refractivity contribution in [3.05, 3.63) is 32.1 Å². The highest BCUT2D eigenvalue weighted by Crippen LogP contribution is 2.17. The highest BCUT2D eigenvalue weighted by Gasteiger charge is 2.17. The lowest BCUT2D eigenvalue weighted by atomic mass is 10.2. The molecule has 0 atom stereocenters. The predicted octanol–water partition coefficient (Wildman–Crippen LogP) is 0.193. The standard InChI is InChI=1S/C11H15N3O2/c1-6-8-9(7(2)12(6)3)11(16)14(5)13(4)10(8)15/h1-5H3. The number of hydrogen-bond donors (Lipinski definition) is 0. The van der Waals surface area contributed by atoms with Crippen LogP contribution >= 0.6 is 0 Å². The quantitative estimate of drug-likeness (QED) is 0.637. The molecule has 0 aliphatic heterocycles. The third kappa shape index (κ3) is 1.05. The Morgan fingerprint density at radius 1 is 0.750 bits per heavy atom. The molecule has 5 heteroatoms. The third-order valence-corrected chi connectivity index (χ3v) is 3.45. The van der Waals surface area contributed by atoms with Crippen molar-refractivity contribution >= 4 is 10.8 Å². The Balaban J connectivity index is 3.29. The molecule has 0 saturated heterocycles. The van der Waals surface area contributed by atoms with Crippen LogP contribution in [-0.2, 0) is 21.1 Å². The van der Waals surface area contributed by atoms with E-state index in [1.807, 2.05) is 25.5 Å². The summed E-state index contributed by atoms with van der Waals surface area (Å²) in [5.41, 5.74) is 1.42. The van der Waals surface area contributed by atoms with E-state index in [9.17, 15) is 9.59 Å². The fourth-order valence-corrected chi connectivity index (χ4v) is 2.07. The van der Waals surface area contributed by atoms with E-state index in [0.717, 1.165) is 11.4 Å². The third-order valence-electron chi connectivity index (χ3n) is 3.45. The van der Waals surface area contributed by atoms with Crippen molar-refractivity contribution < 1.29 is 0 Å². The number of nitrogens with zero attached hydrogens (tertiary/aromatic N) is 3. The molecule has 0 aliphatic carbocycles. The van der Waals surface area contributed by atoms with Crippen LogP contribution < -0.4 is 11.1 Å². The Hall–Kier alpha value is -1.78. The minimum atomic E-state index is -0.127. The highest BCUT2D eigenvalue weighted by atomic mass is 16.2. The molecule has 2 rings (SSSR count). The molecule has 2 heterocycles. The summed E-state index contributed by atoms with van der Waals surface area (Å²) in [6, 6.07) is 0. The molecule has 0 saturated carbocycles. The van der Waals surface area contributed by atoms with Crippen LogP contribution in [-0.4, -0.2) is 13.9 Å². The van der Waals surface area contributed by atoms with Gasteiger partial charge in [0.2, 0.25) is 0 Å². The van der Waals surface area contributed by atoms with E-state index in [4.69, 9.17) is 0 Å². The van der Waals surface area contributed by atoms with Crippen molar-refractivity contribution in [1.82, 2.24) is 13.9 Å². The normalized spacial score (nSPS) is 11.3. The van der Waals surface area contributed by atoms with Gasteiger partial charge in [0.25, 0.3) is 11.1 Å². The zero-order valence-electron chi connectivity index (χ0n) is 10.2. The van der Waals surface area contributed by atoms with Gasteiger partial charge in [0, 0.05) is 32.5 Å². The summed E-state index contributed by atoms with van der Waals surface area (Å²) in [6.07, 6.45) is 0. The summed E-state index contributed by atoms with van der Waals surface area (Å²) in [6.45, 7) is 3.71. The van der Waals surface area contributed by atoms with E-state index < -0.39 is 0 Å². The van der Waals surface area contributed by atoms with E-state index in [1.54, 1.807) is 14.1 Å². The first kappa shape index (κ1) is 10.7. The molecule has 5 nitrogen and oxygen atoms in total. The Labute approximate surface area is 92.5 Å². The maximum absolute atomic E-state index is 12.1. The van der Waals surface area contributed by atoms with Gasteiger partial charge >= 0.3 is 0 Å². The topological polar surface area (TPSA) is 48.9 Å². The van der Waals surface area contributed by atoms with Gasteiger partial charge in [-0.05, 0) is 13.8 Å². The van der Waals surface area contributed by atoms with Gasteiger partial charge in [0.05, 0.1) is 10.8 Å². The van der Waals surface area contributed by atoms with Crippen molar-refractivity contribution in [2.75, 3.05) is 0 Å². The summed E-state index contributed by atoms with van der Waals surface area (Å²) in [5.74, 6) is 0. The molecular formula is C11H15N3O2. The molecule has 0 fully saturated rings. The average Bonchev–Trinajstić information content (AvgIpc) is 2.48. The van der Waals surface area contributed by atoms with Gasteiger partial charge in [0.15, 0.2) is 0 Å². The molecule has 2 aromatic heterocycles. The Morgan fingerprint density at radius 2 is 1.06 bits per heavy atom. The van der Waals surface area contributed by atoms with Crippen molar-refractivity contribution in [1.29, 1.82) is 0 Å². The van der Waals surface area contributed by atoms with E-state index in [2.05, 4.69) is 0 Å². The first-order valence-corrected chi connectivity index (χ1v) is 5.09. The molecule has 0 amide bonds. The van der Waals surface area contributed by atoms with Crippen LogP contribution in [0.2, 0.25) is 0 Å². The number of hydrogen-bond acceptors (Lipinski definition) is 2. The second kappa shape index (κ2) is 3.10. The fourth-order valence-electron chi connectivity index (χ4n) is 2.07. The van der Waals surface area contributed by atoms with Crippen LogP contribution in [0.15, 0.2) is 9.59 Å². The summed E-state index contributed by atoms with van der Waals surface area (Å²) in [4.78, 5) is 24.2. The first-order chi connectivity index (χ1) is 7.37. The molecular weight excluding hydrogens is 206 g/mol. The zero-order chi connectivity index (χ0) is 12.2. The lowest BCUT2D eigenvalue weighted by Gasteiger charge is -2.05. The van der Waals surface area contributed by atoms with E-state index in [-0.39, 0.29) is 11.1 Å². The van der Waals surface area contributed by atoms with Crippen LogP contribution in [0, 0.1) is 13.8 Å². The summed E-state index contributed by atoms with van der Waals surface area (Å²) in [7, 11) is 5.07. The van der Waals surface area contributed by atoms with Gasteiger partial charge in [0.1, 0.15) is 0 Å². The minimum absolute atomic E-state index is 0.127. The van der Waals surface area contributed by atoms with Gasteiger partial charge in [-0.1, -0.05) is 0 Å². The van der Waals surface area contributed by atoms with Gasteiger partial charge in [-0.25, -0.2) is 0 Å². The largest absolute Gasteiger partial charge is 0.351 e. The second-order valence-electron chi connectivity index (χ2n) is 4.14. The van der Waals surface area contributed by atoms with Crippen molar-refractivity contribution in [2.45, 2.75) is 13.8 Å². The molecule has 16 heavy (non-hydrogen) atoms. The fraction of sp³-hybridized carbons (Fsp3) is 0.455. The minimum Gasteiger partial charge on any atom is -0.351 e. The smallest absolute Gasteiger partial charge is 0.274 e. The molecule has 0 spiro atoms. The first-order valence-electron chi connectivity index (χ1n) is 5.09. The van der Waals surface area contributed by atoms with Crippen molar-refractivity contribution in [3.63, 3.8) is 0 Å². The number of fused-ring (bicyclic) bond motifs is 1. The van der Waals surface area contributed by atoms with Crippen LogP contribution in [0.1, 0.15) is 11.4 Å². The second-order valence-corrected chi connectivity index (χ2v) is 4.14. The van der Waals surface area contributed by atoms with E-state index in [1.165, 1.54) is 9.36 Å². The molecule has 0 radical (unpaired) electrons. The zero-order valence-corrected chi connectivity index (χ0v) is 10.2. The van der Waals surface area contributed by atoms with Crippen LogP contribution in [0.3, 0.4) is 0 Å². The van der Waals surface area contributed by atoms with Crippen molar-refractivity contribution in [2.24, 2.45) is 21.1 Å². The van der Waals surface area contributed by atoms with Crippen LogP contribution in [0.4, 0.5) is 0 Å². The van der Waals surface area contributed by atoms with E-state index >= 15 is 0 Å². The predicted molar refractivity (Wildman–Crippen MR) is 62.9 cm³/mol. The molecule has 2 aromatic rings. The summed E-state index contributed by atoms with van der Waals surface area (Å²) >= 11 is 0.